The molecule has 0 atom stereocenters. The normalized spacial score (nSPS) is 10.5. The first-order valence-corrected chi connectivity index (χ1v) is 7.35. The van der Waals surface area contributed by atoms with Crippen molar-refractivity contribution in [3.8, 4) is 0 Å². The Morgan fingerprint density at radius 3 is 1.19 bits per heavy atom. The van der Waals surface area contributed by atoms with Gasteiger partial charge >= 0.3 is 0 Å². The summed E-state index contributed by atoms with van der Waals surface area (Å²) in [6, 6.07) is 8.89. The van der Waals surface area contributed by atoms with Crippen LogP contribution in [0.5, 0.6) is 0 Å². The maximum absolute atomic E-state index is 12.1. The van der Waals surface area contributed by atoms with Crippen LogP contribution in [-0.2, 0) is 0 Å². The van der Waals surface area contributed by atoms with Gasteiger partial charge in [0.1, 0.15) is 0 Å². The lowest BCUT2D eigenvalue weighted by atomic mass is 10.0. The van der Waals surface area contributed by atoms with E-state index >= 15 is 0 Å². The van der Waals surface area contributed by atoms with Crippen molar-refractivity contribution in [3.05, 3.63) is 67.6 Å². The zero-order valence-electron chi connectivity index (χ0n) is 10.5. The first-order chi connectivity index (χ1) is 9.85. The number of hydrogen-bond donors (Lipinski definition) is 0. The molecular weight excluding hydrogens is 354 g/mol. The number of Topliss-reactive ketones (excluding diaryl/α,β-unsaturated/α-hetero) is 2. The number of carbonyl (C=O) groups is 2. The molecule has 0 heterocycles. The molecule has 2 rings (SSSR count). The summed E-state index contributed by atoms with van der Waals surface area (Å²) in [7, 11) is 0. The summed E-state index contributed by atoms with van der Waals surface area (Å²) in [5.41, 5.74) is 0.572. The number of hydrogen-bond acceptors (Lipinski definition) is 2. The summed E-state index contributed by atoms with van der Waals surface area (Å²) in [5.74, 6) is -0.749. The molecule has 108 valence electrons. The van der Waals surface area contributed by atoms with Gasteiger partial charge < -0.3 is 0 Å². The monoisotopic (exact) mass is 360 g/mol. The van der Waals surface area contributed by atoms with Crippen molar-refractivity contribution in [3.63, 3.8) is 0 Å². The van der Waals surface area contributed by atoms with Gasteiger partial charge in [0.2, 0.25) is 0 Å². The largest absolute Gasteiger partial charge is 0.294 e. The molecule has 21 heavy (non-hydrogen) atoms. The molecule has 0 aliphatic rings. The van der Waals surface area contributed by atoms with E-state index in [9.17, 15) is 9.59 Å². The molecular formula is C15H8Cl4O2. The molecule has 2 aromatic carbocycles. The van der Waals surface area contributed by atoms with Crippen LogP contribution in [0.25, 0.3) is 0 Å². The molecule has 0 N–H and O–H groups in total. The van der Waals surface area contributed by atoms with E-state index < -0.39 is 0 Å². The second-order valence-electron chi connectivity index (χ2n) is 4.34. The Kier molecular flexibility index (Phi) is 5.28. The Hall–Kier alpha value is -1.06. The topological polar surface area (TPSA) is 34.1 Å². The summed E-state index contributed by atoms with van der Waals surface area (Å²) in [6.45, 7) is 0. The summed E-state index contributed by atoms with van der Waals surface area (Å²) in [4.78, 5) is 24.2. The number of ketones is 2. The number of rotatable bonds is 4. The van der Waals surface area contributed by atoms with E-state index in [0.29, 0.717) is 20.1 Å². The van der Waals surface area contributed by atoms with Gasteiger partial charge in [-0.2, -0.15) is 0 Å². The van der Waals surface area contributed by atoms with Crippen molar-refractivity contribution in [2.75, 3.05) is 0 Å². The molecule has 2 nitrogen and oxygen atoms in total. The SMILES string of the molecule is O=C(CC(=O)c1cc(Cl)cc(Cl)c1)c1cc(Cl)cc(Cl)c1. The maximum atomic E-state index is 12.1. The van der Waals surface area contributed by atoms with Gasteiger partial charge in [-0.05, 0) is 36.4 Å². The van der Waals surface area contributed by atoms with Crippen molar-refractivity contribution in [2.45, 2.75) is 6.42 Å². The number of benzene rings is 2. The van der Waals surface area contributed by atoms with Crippen LogP contribution in [0.4, 0.5) is 0 Å². The smallest absolute Gasteiger partial charge is 0.170 e. The highest BCUT2D eigenvalue weighted by atomic mass is 35.5. The molecule has 0 aliphatic heterocycles. The van der Waals surface area contributed by atoms with Crippen molar-refractivity contribution in [2.24, 2.45) is 0 Å². The average Bonchev–Trinajstić information content (AvgIpc) is 2.36. The van der Waals surface area contributed by atoms with E-state index in [-0.39, 0.29) is 29.1 Å². The Morgan fingerprint density at radius 1 is 0.619 bits per heavy atom. The molecule has 0 aliphatic carbocycles. The molecule has 2 aromatic rings. The molecule has 0 bridgehead atoms. The molecule has 0 fully saturated rings. The number of halogens is 4. The molecule has 0 unspecified atom stereocenters. The van der Waals surface area contributed by atoms with Crippen LogP contribution in [0.15, 0.2) is 36.4 Å². The molecule has 0 aromatic heterocycles. The first-order valence-electron chi connectivity index (χ1n) is 5.84. The minimum absolute atomic E-state index is 0.286. The third-order valence-corrected chi connectivity index (χ3v) is 3.56. The van der Waals surface area contributed by atoms with Crippen molar-refractivity contribution >= 4 is 58.0 Å². The summed E-state index contributed by atoms with van der Waals surface area (Å²) in [6.07, 6.45) is -0.312. The van der Waals surface area contributed by atoms with Gasteiger partial charge in [0.25, 0.3) is 0 Å². The van der Waals surface area contributed by atoms with Crippen LogP contribution in [0.2, 0.25) is 20.1 Å². The van der Waals surface area contributed by atoms with Crippen molar-refractivity contribution < 1.29 is 9.59 Å². The summed E-state index contributed by atoms with van der Waals surface area (Å²) < 4.78 is 0. The summed E-state index contributed by atoms with van der Waals surface area (Å²) in [5, 5.41) is 1.35. The van der Waals surface area contributed by atoms with Gasteiger partial charge in [-0.1, -0.05) is 46.4 Å². The fourth-order valence-corrected chi connectivity index (χ4v) is 2.83. The van der Waals surface area contributed by atoms with Gasteiger partial charge in [-0.25, -0.2) is 0 Å². The van der Waals surface area contributed by atoms with E-state index in [1.165, 1.54) is 36.4 Å². The molecule has 0 saturated heterocycles. The third-order valence-electron chi connectivity index (χ3n) is 2.69. The predicted molar refractivity (Wildman–Crippen MR) is 86.2 cm³/mol. The van der Waals surface area contributed by atoms with Crippen LogP contribution in [0.1, 0.15) is 27.1 Å². The van der Waals surface area contributed by atoms with Crippen LogP contribution in [0.3, 0.4) is 0 Å². The van der Waals surface area contributed by atoms with Crippen molar-refractivity contribution in [1.82, 2.24) is 0 Å². The second-order valence-corrected chi connectivity index (χ2v) is 6.09. The second kappa shape index (κ2) is 6.80. The first kappa shape index (κ1) is 16.3. The fourth-order valence-electron chi connectivity index (χ4n) is 1.78. The zero-order valence-corrected chi connectivity index (χ0v) is 13.5. The van der Waals surface area contributed by atoms with Gasteiger partial charge in [-0.15, -0.1) is 0 Å². The lowest BCUT2D eigenvalue weighted by Gasteiger charge is -2.04. The van der Waals surface area contributed by atoms with Crippen LogP contribution in [-0.4, -0.2) is 11.6 Å². The van der Waals surface area contributed by atoms with E-state index in [1.54, 1.807) is 0 Å². The van der Waals surface area contributed by atoms with E-state index in [4.69, 9.17) is 46.4 Å². The molecule has 0 radical (unpaired) electrons. The Bertz CT molecular complexity index is 624. The molecule has 6 heteroatoms. The highest BCUT2D eigenvalue weighted by Gasteiger charge is 2.15. The van der Waals surface area contributed by atoms with Gasteiger partial charge in [0.05, 0.1) is 6.42 Å². The van der Waals surface area contributed by atoms with Crippen molar-refractivity contribution in [1.29, 1.82) is 0 Å². The highest BCUT2D eigenvalue weighted by Crippen LogP contribution is 2.22. The third kappa shape index (κ3) is 4.45. The van der Waals surface area contributed by atoms with Crippen LogP contribution in [0, 0.1) is 0 Å². The van der Waals surface area contributed by atoms with E-state index in [0.717, 1.165) is 0 Å². The minimum atomic E-state index is -0.375. The summed E-state index contributed by atoms with van der Waals surface area (Å²) >= 11 is 23.3. The Morgan fingerprint density at radius 2 is 0.905 bits per heavy atom. The van der Waals surface area contributed by atoms with Gasteiger partial charge in [0.15, 0.2) is 11.6 Å². The van der Waals surface area contributed by atoms with Gasteiger partial charge in [-0.3, -0.25) is 9.59 Å². The van der Waals surface area contributed by atoms with Crippen LogP contribution >= 0.6 is 46.4 Å². The van der Waals surface area contributed by atoms with E-state index in [2.05, 4.69) is 0 Å². The quantitative estimate of drug-likeness (QED) is 0.512. The highest BCUT2D eigenvalue weighted by molar-refractivity contribution is 6.36. The standard InChI is InChI=1S/C15H8Cl4O2/c16-10-1-8(2-11(17)5-10)14(20)7-15(21)9-3-12(18)6-13(19)4-9/h1-6H,7H2. The van der Waals surface area contributed by atoms with Crippen LogP contribution < -0.4 is 0 Å². The lowest BCUT2D eigenvalue weighted by molar-refractivity contribution is 0.0894. The minimum Gasteiger partial charge on any atom is -0.294 e. The average molecular weight is 362 g/mol. The number of carbonyl (C=O) groups excluding carboxylic acids is 2. The fraction of sp³-hybridized carbons (Fsp3) is 0.0667. The Labute approximate surface area is 141 Å². The Balaban J connectivity index is 2.20. The molecule has 0 spiro atoms. The zero-order chi connectivity index (χ0) is 15.6. The maximum Gasteiger partial charge on any atom is 0.170 e. The predicted octanol–water partition coefficient (Wildman–Crippen LogP) is 5.76. The molecule has 0 amide bonds. The van der Waals surface area contributed by atoms with Gasteiger partial charge in [0, 0.05) is 31.2 Å². The molecule has 0 saturated carbocycles. The lowest BCUT2D eigenvalue weighted by Crippen LogP contribution is -2.08. The van der Waals surface area contributed by atoms with E-state index in [1.807, 2.05) is 0 Å².